The third kappa shape index (κ3) is 4.44. The number of aromatic nitrogens is 3. The first-order chi connectivity index (χ1) is 11.4. The zero-order chi connectivity index (χ0) is 17.3. The molecule has 142 valence electrons. The van der Waals surface area contributed by atoms with Gasteiger partial charge in [0.25, 0.3) is 0 Å². The van der Waals surface area contributed by atoms with E-state index in [1.807, 2.05) is 0 Å². The summed E-state index contributed by atoms with van der Waals surface area (Å²) in [6, 6.07) is 0. The molecule has 2 atom stereocenters. The van der Waals surface area contributed by atoms with Crippen molar-refractivity contribution in [2.24, 2.45) is 11.8 Å². The maximum absolute atomic E-state index is 12.8. The lowest BCUT2D eigenvalue weighted by Crippen LogP contribution is -2.41. The van der Waals surface area contributed by atoms with E-state index in [1.165, 1.54) is 0 Å². The number of piperidine rings is 1. The van der Waals surface area contributed by atoms with Crippen LogP contribution in [0.5, 0.6) is 0 Å². The van der Waals surface area contributed by atoms with Gasteiger partial charge in [0.15, 0.2) is 5.82 Å². The molecule has 3 heterocycles. The van der Waals surface area contributed by atoms with Crippen LogP contribution in [0.4, 0.5) is 13.2 Å². The topological polar surface area (TPSA) is 63.1 Å². The van der Waals surface area contributed by atoms with Crippen molar-refractivity contribution in [3.8, 4) is 0 Å². The first kappa shape index (κ1) is 20.0. The standard InChI is InChI=1S/C15H22F3N5O.ClH/c1-10(11-3-2-4-19-8-11)7-13(24)22-5-6-23-12(9-22)20-21-14(23)15(16,17)18;/h10-11,19H,2-9H2,1H3;1H. The van der Waals surface area contributed by atoms with Crippen molar-refractivity contribution in [2.75, 3.05) is 19.6 Å². The van der Waals surface area contributed by atoms with E-state index in [9.17, 15) is 18.0 Å². The van der Waals surface area contributed by atoms with E-state index in [1.54, 1.807) is 4.90 Å². The number of hydrogen-bond acceptors (Lipinski definition) is 4. The number of carbonyl (C=O) groups excluding carboxylic acids is 1. The number of amides is 1. The van der Waals surface area contributed by atoms with E-state index in [-0.39, 0.29) is 49.7 Å². The van der Waals surface area contributed by atoms with Crippen LogP contribution in [-0.4, -0.2) is 45.2 Å². The number of nitrogens with zero attached hydrogens (tertiary/aromatic N) is 4. The van der Waals surface area contributed by atoms with Gasteiger partial charge in [-0.2, -0.15) is 13.2 Å². The Kier molecular flexibility index (Phi) is 6.31. The van der Waals surface area contributed by atoms with Crippen LogP contribution in [0.3, 0.4) is 0 Å². The summed E-state index contributed by atoms with van der Waals surface area (Å²) in [6.07, 6.45) is -1.85. The molecule has 1 fully saturated rings. The number of nitrogens with one attached hydrogen (secondary N) is 1. The summed E-state index contributed by atoms with van der Waals surface area (Å²) in [6.45, 7) is 4.48. The quantitative estimate of drug-likeness (QED) is 0.870. The summed E-state index contributed by atoms with van der Waals surface area (Å²) in [7, 11) is 0. The molecule has 0 saturated carbocycles. The Morgan fingerprint density at radius 1 is 1.36 bits per heavy atom. The van der Waals surface area contributed by atoms with E-state index in [4.69, 9.17) is 0 Å². The molecule has 1 aromatic rings. The highest BCUT2D eigenvalue weighted by Crippen LogP contribution is 2.30. The maximum atomic E-state index is 12.8. The molecule has 0 aromatic carbocycles. The second-order valence-electron chi connectivity index (χ2n) is 6.69. The van der Waals surface area contributed by atoms with Crippen molar-refractivity contribution in [2.45, 2.75) is 45.5 Å². The van der Waals surface area contributed by atoms with Crippen LogP contribution in [0.2, 0.25) is 0 Å². The van der Waals surface area contributed by atoms with Gasteiger partial charge in [0.1, 0.15) is 0 Å². The highest BCUT2D eigenvalue weighted by atomic mass is 35.5. The van der Waals surface area contributed by atoms with Crippen LogP contribution in [-0.2, 0) is 24.1 Å². The van der Waals surface area contributed by atoms with Gasteiger partial charge >= 0.3 is 6.18 Å². The molecule has 0 radical (unpaired) electrons. The lowest BCUT2D eigenvalue weighted by molar-refractivity contribution is -0.148. The Bertz CT molecular complexity index is 600. The van der Waals surface area contributed by atoms with Crippen molar-refractivity contribution >= 4 is 18.3 Å². The molecule has 0 bridgehead atoms. The average Bonchev–Trinajstić information content (AvgIpc) is 2.98. The number of fused-ring (bicyclic) bond motifs is 1. The fraction of sp³-hybridized carbons (Fsp3) is 0.800. The summed E-state index contributed by atoms with van der Waals surface area (Å²) in [4.78, 5) is 14.1. The molecule has 2 aliphatic rings. The highest BCUT2D eigenvalue weighted by Gasteiger charge is 2.40. The molecule has 1 amide bonds. The van der Waals surface area contributed by atoms with Gasteiger partial charge in [-0.1, -0.05) is 6.92 Å². The monoisotopic (exact) mass is 381 g/mol. The molecule has 1 aromatic heterocycles. The minimum atomic E-state index is -4.51. The third-order valence-corrected chi connectivity index (χ3v) is 5.00. The Hall–Kier alpha value is -1.35. The summed E-state index contributed by atoms with van der Waals surface area (Å²) in [5, 5.41) is 10.2. The van der Waals surface area contributed by atoms with Gasteiger partial charge in [0, 0.05) is 19.5 Å². The normalized spacial score (nSPS) is 22.1. The van der Waals surface area contributed by atoms with Crippen LogP contribution in [0, 0.1) is 11.8 Å². The molecule has 10 heteroatoms. The van der Waals surface area contributed by atoms with Crippen molar-refractivity contribution < 1.29 is 18.0 Å². The number of rotatable bonds is 3. The maximum Gasteiger partial charge on any atom is 0.451 e. The SMILES string of the molecule is CC(CC(=O)N1CCn2c(nnc2C(F)(F)F)C1)C1CCCNC1.Cl. The minimum Gasteiger partial charge on any atom is -0.333 e. The molecule has 25 heavy (non-hydrogen) atoms. The summed E-state index contributed by atoms with van der Waals surface area (Å²) in [5.74, 6) is -0.0557. The molecule has 3 rings (SSSR count). The summed E-state index contributed by atoms with van der Waals surface area (Å²) in [5.41, 5.74) is 0. The van der Waals surface area contributed by atoms with E-state index in [0.717, 1.165) is 30.5 Å². The second-order valence-corrected chi connectivity index (χ2v) is 6.69. The number of halogens is 4. The third-order valence-electron chi connectivity index (χ3n) is 5.00. The summed E-state index contributed by atoms with van der Waals surface area (Å²) < 4.78 is 39.6. The number of carbonyl (C=O) groups is 1. The average molecular weight is 382 g/mol. The Labute approximate surface area is 150 Å². The van der Waals surface area contributed by atoms with E-state index < -0.39 is 12.0 Å². The van der Waals surface area contributed by atoms with Crippen LogP contribution in [0.25, 0.3) is 0 Å². The summed E-state index contributed by atoms with van der Waals surface area (Å²) >= 11 is 0. The van der Waals surface area contributed by atoms with Crippen LogP contribution >= 0.6 is 12.4 Å². The molecule has 2 aliphatic heterocycles. The second kappa shape index (κ2) is 7.90. The highest BCUT2D eigenvalue weighted by molar-refractivity contribution is 5.85. The molecule has 1 saturated heterocycles. The predicted octanol–water partition coefficient (Wildman–Crippen LogP) is 2.09. The fourth-order valence-corrected chi connectivity index (χ4v) is 3.52. The smallest absolute Gasteiger partial charge is 0.333 e. The van der Waals surface area contributed by atoms with Crippen LogP contribution < -0.4 is 5.32 Å². The van der Waals surface area contributed by atoms with Gasteiger partial charge in [-0.25, -0.2) is 0 Å². The van der Waals surface area contributed by atoms with Gasteiger partial charge in [-0.05, 0) is 37.8 Å². The Morgan fingerprint density at radius 2 is 2.12 bits per heavy atom. The Balaban J connectivity index is 0.00000225. The van der Waals surface area contributed by atoms with Crippen molar-refractivity contribution in [3.05, 3.63) is 11.6 Å². The van der Waals surface area contributed by atoms with Crippen LogP contribution in [0.15, 0.2) is 0 Å². The number of alkyl halides is 3. The van der Waals surface area contributed by atoms with Crippen molar-refractivity contribution in [1.29, 1.82) is 0 Å². The van der Waals surface area contributed by atoms with Gasteiger partial charge in [-0.3, -0.25) is 4.79 Å². The van der Waals surface area contributed by atoms with Gasteiger partial charge in [0.05, 0.1) is 6.54 Å². The van der Waals surface area contributed by atoms with Crippen molar-refractivity contribution in [1.82, 2.24) is 25.0 Å². The minimum absolute atomic E-state index is 0. The first-order valence-electron chi connectivity index (χ1n) is 8.34. The zero-order valence-corrected chi connectivity index (χ0v) is 14.9. The molecule has 0 spiro atoms. The molecule has 0 aliphatic carbocycles. The molecule has 2 unspecified atom stereocenters. The Morgan fingerprint density at radius 3 is 2.76 bits per heavy atom. The molecule has 1 N–H and O–H groups in total. The van der Waals surface area contributed by atoms with Gasteiger partial charge in [-0.15, -0.1) is 22.6 Å². The van der Waals surface area contributed by atoms with E-state index in [2.05, 4.69) is 22.4 Å². The molecular formula is C15H23ClF3N5O. The molecular weight excluding hydrogens is 359 g/mol. The largest absolute Gasteiger partial charge is 0.451 e. The molecule has 6 nitrogen and oxygen atoms in total. The predicted molar refractivity (Wildman–Crippen MR) is 87.1 cm³/mol. The van der Waals surface area contributed by atoms with E-state index >= 15 is 0 Å². The lowest BCUT2D eigenvalue weighted by atomic mass is 9.85. The van der Waals surface area contributed by atoms with Gasteiger partial charge in [0.2, 0.25) is 11.7 Å². The number of hydrogen-bond donors (Lipinski definition) is 1. The first-order valence-corrected chi connectivity index (χ1v) is 8.34. The van der Waals surface area contributed by atoms with Gasteiger partial charge < -0.3 is 14.8 Å². The lowest BCUT2D eigenvalue weighted by Gasteiger charge is -2.32. The van der Waals surface area contributed by atoms with E-state index in [0.29, 0.717) is 12.3 Å². The zero-order valence-electron chi connectivity index (χ0n) is 14.1. The fourth-order valence-electron chi connectivity index (χ4n) is 3.52. The van der Waals surface area contributed by atoms with Crippen molar-refractivity contribution in [3.63, 3.8) is 0 Å². The van der Waals surface area contributed by atoms with Crippen LogP contribution in [0.1, 0.15) is 37.8 Å².